The quantitative estimate of drug-likeness (QED) is 0.491. The van der Waals surface area contributed by atoms with Crippen LogP contribution in [0.4, 0.5) is 13.2 Å². The summed E-state index contributed by atoms with van der Waals surface area (Å²) >= 11 is 0. The third-order valence-corrected chi connectivity index (χ3v) is 12.2. The van der Waals surface area contributed by atoms with Gasteiger partial charge in [0.25, 0.3) is 0 Å². The normalized spacial score (nSPS) is 41.6. The van der Waals surface area contributed by atoms with Crippen LogP contribution in [0.3, 0.4) is 0 Å². The molecule has 1 saturated heterocycles. The van der Waals surface area contributed by atoms with Crippen molar-refractivity contribution >= 4 is 5.78 Å². The summed E-state index contributed by atoms with van der Waals surface area (Å²) in [5.74, 6) is 3.01. The minimum absolute atomic E-state index is 0.0750. The maximum Gasteiger partial charge on any atom is 0.416 e. The van der Waals surface area contributed by atoms with Crippen LogP contribution in [0.2, 0.25) is 0 Å². The van der Waals surface area contributed by atoms with E-state index in [1.807, 2.05) is 0 Å². The average Bonchev–Trinajstić information content (AvgIpc) is 3.20. The summed E-state index contributed by atoms with van der Waals surface area (Å²) in [7, 11) is 0. The van der Waals surface area contributed by atoms with E-state index in [1.54, 1.807) is 12.1 Å². The van der Waals surface area contributed by atoms with Crippen LogP contribution in [0.15, 0.2) is 24.3 Å². The summed E-state index contributed by atoms with van der Waals surface area (Å²) in [6.07, 6.45) is 5.04. The van der Waals surface area contributed by atoms with Crippen molar-refractivity contribution in [1.29, 1.82) is 0 Å². The molecule has 7 heteroatoms. The second-order valence-electron chi connectivity index (χ2n) is 14.3. The van der Waals surface area contributed by atoms with Gasteiger partial charge in [-0.25, -0.2) is 0 Å². The molecule has 39 heavy (non-hydrogen) atoms. The smallest absolute Gasteiger partial charge is 0.389 e. The summed E-state index contributed by atoms with van der Waals surface area (Å²) in [5, 5.41) is 11.8. The van der Waals surface area contributed by atoms with Gasteiger partial charge in [0.05, 0.1) is 11.2 Å². The second kappa shape index (κ2) is 9.84. The molecule has 4 nitrogen and oxygen atoms in total. The molecular formula is C32H45F3N2O2. The van der Waals surface area contributed by atoms with Crippen molar-refractivity contribution < 1.29 is 23.1 Å². The molecule has 0 spiro atoms. The highest BCUT2D eigenvalue weighted by molar-refractivity contribution is 5.87. The van der Waals surface area contributed by atoms with Crippen molar-refractivity contribution in [3.8, 4) is 0 Å². The van der Waals surface area contributed by atoms with Crippen LogP contribution in [-0.2, 0) is 17.5 Å². The highest BCUT2D eigenvalue weighted by Gasteiger charge is 2.61. The van der Waals surface area contributed by atoms with Gasteiger partial charge in [-0.15, -0.1) is 0 Å². The first-order chi connectivity index (χ1) is 18.4. The molecule has 1 aromatic carbocycles. The van der Waals surface area contributed by atoms with E-state index in [9.17, 15) is 23.1 Å². The fraction of sp³-hybridized carbons (Fsp3) is 0.781. The number of Topliss-reactive ketones (excluding diaryl/α,β-unsaturated/α-hetero) is 1. The number of carbonyl (C=O) groups is 1. The third-order valence-electron chi connectivity index (χ3n) is 12.2. The number of benzene rings is 1. The number of alkyl halides is 3. The highest BCUT2D eigenvalue weighted by Crippen LogP contribution is 2.66. The molecule has 5 aliphatic rings. The Hall–Kier alpha value is -1.44. The molecule has 1 aromatic rings. The van der Waals surface area contributed by atoms with E-state index in [0.29, 0.717) is 36.0 Å². The lowest BCUT2D eigenvalue weighted by Gasteiger charge is -2.61. The standard InChI is InChI=1S/C32H45F3N2O2/c1-29-13-14-31(39,19-24(29)7-8-25-26-9-10-28(38)30(26,2)12-11-27(25)29)21-37-17-15-36(16-18-37)20-22-3-5-23(6-4-22)32(33,34)35/h3-6,24-27,39H,7-21H2,1-2H3/t24?,25-,26-,27+,29-,30-,31?/m0/s1. The van der Waals surface area contributed by atoms with Crippen LogP contribution < -0.4 is 0 Å². The number of ketones is 1. The van der Waals surface area contributed by atoms with Gasteiger partial charge in [0.15, 0.2) is 0 Å². The molecule has 0 bridgehead atoms. The molecule has 6 rings (SSSR count). The molecule has 1 heterocycles. The third kappa shape index (κ3) is 4.99. The largest absolute Gasteiger partial charge is 0.416 e. The number of rotatable bonds is 4. The zero-order valence-electron chi connectivity index (χ0n) is 23.6. The minimum Gasteiger partial charge on any atom is -0.389 e. The topological polar surface area (TPSA) is 43.8 Å². The lowest BCUT2D eigenvalue weighted by Crippen LogP contribution is -2.59. The predicted octanol–water partition coefficient (Wildman–Crippen LogP) is 6.17. The van der Waals surface area contributed by atoms with E-state index in [2.05, 4.69) is 23.6 Å². The van der Waals surface area contributed by atoms with Crippen molar-refractivity contribution in [3.05, 3.63) is 35.4 Å². The van der Waals surface area contributed by atoms with Gasteiger partial charge >= 0.3 is 6.18 Å². The molecule has 5 fully saturated rings. The average molecular weight is 547 g/mol. The lowest BCUT2D eigenvalue weighted by molar-refractivity contribution is -0.158. The molecular weight excluding hydrogens is 501 g/mol. The number of fused-ring (bicyclic) bond motifs is 5. The molecule has 0 radical (unpaired) electrons. The van der Waals surface area contributed by atoms with Gasteiger partial charge < -0.3 is 5.11 Å². The number of hydrogen-bond donors (Lipinski definition) is 1. The van der Waals surface area contributed by atoms with Gasteiger partial charge in [-0.2, -0.15) is 13.2 Å². The Labute approximate surface area is 231 Å². The van der Waals surface area contributed by atoms with Gasteiger partial charge in [0.2, 0.25) is 0 Å². The fourth-order valence-corrected chi connectivity index (χ4v) is 9.82. The first-order valence-corrected chi connectivity index (χ1v) is 15.3. The number of hydrogen-bond acceptors (Lipinski definition) is 4. The first-order valence-electron chi connectivity index (χ1n) is 15.3. The van der Waals surface area contributed by atoms with Crippen LogP contribution in [0.25, 0.3) is 0 Å². The Balaban J connectivity index is 1.02. The monoisotopic (exact) mass is 546 g/mol. The molecule has 1 N–H and O–H groups in total. The predicted molar refractivity (Wildman–Crippen MR) is 145 cm³/mol. The molecule has 0 aromatic heterocycles. The molecule has 216 valence electrons. The van der Waals surface area contributed by atoms with Gasteiger partial charge in [0.1, 0.15) is 5.78 Å². The Kier molecular flexibility index (Phi) is 6.99. The van der Waals surface area contributed by atoms with Crippen LogP contribution in [0.5, 0.6) is 0 Å². The molecule has 7 atom stereocenters. The molecule has 0 amide bonds. The summed E-state index contributed by atoms with van der Waals surface area (Å²) in [6.45, 7) is 9.62. The van der Waals surface area contributed by atoms with Gasteiger partial charge in [-0.05, 0) is 98.1 Å². The van der Waals surface area contributed by atoms with Crippen LogP contribution in [-0.4, -0.2) is 59.0 Å². The Morgan fingerprint density at radius 3 is 2.28 bits per heavy atom. The van der Waals surface area contributed by atoms with Crippen LogP contribution in [0, 0.1) is 34.5 Å². The van der Waals surface area contributed by atoms with Crippen molar-refractivity contribution in [2.24, 2.45) is 34.5 Å². The van der Waals surface area contributed by atoms with Crippen LogP contribution in [0.1, 0.15) is 82.8 Å². The molecule has 2 unspecified atom stereocenters. The fourth-order valence-electron chi connectivity index (χ4n) is 9.82. The van der Waals surface area contributed by atoms with Gasteiger partial charge in [-0.1, -0.05) is 26.0 Å². The second-order valence-corrected chi connectivity index (χ2v) is 14.3. The summed E-state index contributed by atoms with van der Waals surface area (Å²) in [4.78, 5) is 17.4. The van der Waals surface area contributed by atoms with E-state index < -0.39 is 17.3 Å². The van der Waals surface area contributed by atoms with E-state index >= 15 is 0 Å². The Bertz CT molecular complexity index is 1070. The Morgan fingerprint density at radius 2 is 1.59 bits per heavy atom. The highest BCUT2D eigenvalue weighted by atomic mass is 19.4. The summed E-state index contributed by atoms with van der Waals surface area (Å²) in [6, 6.07) is 5.52. The first kappa shape index (κ1) is 27.7. The van der Waals surface area contributed by atoms with Crippen molar-refractivity contribution in [3.63, 3.8) is 0 Å². The van der Waals surface area contributed by atoms with Gasteiger partial charge in [0, 0.05) is 51.1 Å². The maximum atomic E-state index is 12.9. The Morgan fingerprint density at radius 1 is 0.897 bits per heavy atom. The molecule has 1 aliphatic heterocycles. The number of β-amino-alcohol motifs (C(OH)–C–C–N with tert-alkyl or cyclic N) is 1. The van der Waals surface area contributed by atoms with Crippen molar-refractivity contribution in [2.45, 2.75) is 90.0 Å². The summed E-state index contributed by atoms with van der Waals surface area (Å²) < 4.78 is 38.6. The number of nitrogens with zero attached hydrogens (tertiary/aromatic N) is 2. The zero-order valence-corrected chi connectivity index (χ0v) is 23.6. The van der Waals surface area contributed by atoms with Crippen molar-refractivity contribution in [1.82, 2.24) is 9.80 Å². The number of halogens is 3. The number of carbonyl (C=O) groups excluding carboxylic acids is 1. The zero-order chi connectivity index (χ0) is 27.6. The SMILES string of the molecule is C[C@]12CCC(O)(CN3CCN(Cc4ccc(C(F)(F)F)cc4)CC3)CC1CC[C@@H]1[C@H]2CC[C@]2(C)C(=O)CC[C@@H]12. The lowest BCUT2D eigenvalue weighted by atomic mass is 9.44. The van der Waals surface area contributed by atoms with E-state index in [1.165, 1.54) is 31.4 Å². The van der Waals surface area contributed by atoms with E-state index in [-0.39, 0.29) is 10.8 Å². The molecule has 4 aliphatic carbocycles. The van der Waals surface area contributed by atoms with Gasteiger partial charge in [-0.3, -0.25) is 14.6 Å². The van der Waals surface area contributed by atoms with Crippen molar-refractivity contribution in [2.75, 3.05) is 32.7 Å². The number of aliphatic hydroxyl groups is 1. The molecule has 4 saturated carbocycles. The minimum atomic E-state index is -4.30. The number of piperazine rings is 1. The maximum absolute atomic E-state index is 12.9. The van der Waals surface area contributed by atoms with E-state index in [4.69, 9.17) is 0 Å². The van der Waals surface area contributed by atoms with Crippen LogP contribution >= 0.6 is 0 Å². The summed E-state index contributed by atoms with van der Waals surface area (Å²) in [5.41, 5.74) is -0.130. The van der Waals surface area contributed by atoms with E-state index in [0.717, 1.165) is 76.8 Å².